The lowest BCUT2D eigenvalue weighted by atomic mass is 10.1. The summed E-state index contributed by atoms with van der Waals surface area (Å²) in [4.78, 5) is 12.0. The Balaban J connectivity index is 1.49. The number of ketones is 1. The van der Waals surface area contributed by atoms with Crippen LogP contribution in [0.3, 0.4) is 0 Å². The number of aromatic nitrogens is 5. The minimum Gasteiger partial charge on any atom is -0.461 e. The molecule has 108 valence electrons. The molecule has 0 radical (unpaired) electrons. The van der Waals surface area contributed by atoms with Gasteiger partial charge in [0.15, 0.2) is 11.5 Å². The van der Waals surface area contributed by atoms with Gasteiger partial charge >= 0.3 is 0 Å². The number of hydrogen-bond donors (Lipinski definition) is 0. The molecular formula is C13H13N5O3. The molecule has 3 heterocycles. The number of nitrogens with zero attached hydrogens (tertiary/aromatic N) is 5. The number of Topliss-reactive ketones (excluding diaryl/α,β-unsaturated/α-hetero) is 1. The topological polar surface area (TPSA) is 99.8 Å². The van der Waals surface area contributed by atoms with E-state index in [9.17, 15) is 4.79 Å². The fourth-order valence-electron chi connectivity index (χ4n) is 1.91. The zero-order valence-electron chi connectivity index (χ0n) is 11.2. The molecular weight excluding hydrogens is 274 g/mol. The van der Waals surface area contributed by atoms with E-state index in [-0.39, 0.29) is 5.78 Å². The largest absolute Gasteiger partial charge is 0.461 e. The van der Waals surface area contributed by atoms with E-state index in [1.54, 1.807) is 35.5 Å². The summed E-state index contributed by atoms with van der Waals surface area (Å²) in [5.41, 5.74) is 0.323. The zero-order valence-corrected chi connectivity index (χ0v) is 11.2. The predicted molar refractivity (Wildman–Crippen MR) is 70.2 cm³/mol. The van der Waals surface area contributed by atoms with Gasteiger partial charge in [0.1, 0.15) is 12.0 Å². The fourth-order valence-corrected chi connectivity index (χ4v) is 1.91. The van der Waals surface area contributed by atoms with Gasteiger partial charge in [-0.15, -0.1) is 5.10 Å². The van der Waals surface area contributed by atoms with Crippen LogP contribution in [0.5, 0.6) is 0 Å². The fraction of sp³-hybridized carbons (Fsp3) is 0.308. The van der Waals surface area contributed by atoms with Gasteiger partial charge in [0, 0.05) is 19.0 Å². The molecule has 3 rings (SSSR count). The molecule has 0 aromatic carbocycles. The Kier molecular flexibility index (Phi) is 3.85. The standard InChI is InChI=1S/C13H13N5O3/c19-11(4-1-2-6-18-9-14-16-17-18)10-8-13(21-15-10)12-5-3-7-20-12/h3,5,7-9H,1-2,4,6H2. The average Bonchev–Trinajstić information content (AvgIpc) is 3.25. The van der Waals surface area contributed by atoms with Crippen LogP contribution in [0.2, 0.25) is 0 Å². The summed E-state index contributed by atoms with van der Waals surface area (Å²) >= 11 is 0. The summed E-state index contributed by atoms with van der Waals surface area (Å²) in [6.45, 7) is 0.691. The SMILES string of the molecule is O=C(CCCCn1cnnn1)c1cc(-c2ccco2)on1. The number of unbranched alkanes of at least 4 members (excludes halogenated alkanes) is 1. The van der Waals surface area contributed by atoms with Crippen molar-refractivity contribution in [2.75, 3.05) is 0 Å². The first-order valence-electron chi connectivity index (χ1n) is 6.57. The smallest absolute Gasteiger partial charge is 0.202 e. The van der Waals surface area contributed by atoms with Gasteiger partial charge in [-0.25, -0.2) is 4.68 Å². The van der Waals surface area contributed by atoms with Crippen molar-refractivity contribution in [3.05, 3.63) is 36.5 Å². The van der Waals surface area contributed by atoms with E-state index in [1.165, 1.54) is 0 Å². The number of hydrogen-bond acceptors (Lipinski definition) is 7. The normalized spacial score (nSPS) is 10.9. The van der Waals surface area contributed by atoms with Crippen LogP contribution in [0, 0.1) is 0 Å². The first kappa shape index (κ1) is 13.2. The van der Waals surface area contributed by atoms with Crippen LogP contribution in [0.4, 0.5) is 0 Å². The molecule has 0 saturated heterocycles. The van der Waals surface area contributed by atoms with Gasteiger partial charge in [-0.2, -0.15) is 0 Å². The molecule has 0 saturated carbocycles. The van der Waals surface area contributed by atoms with Crippen molar-refractivity contribution in [3.63, 3.8) is 0 Å². The van der Waals surface area contributed by atoms with Gasteiger partial charge in [-0.3, -0.25) is 4.79 Å². The summed E-state index contributed by atoms with van der Waals surface area (Å²) < 4.78 is 11.9. The molecule has 21 heavy (non-hydrogen) atoms. The van der Waals surface area contributed by atoms with Crippen molar-refractivity contribution >= 4 is 5.78 Å². The Morgan fingerprint density at radius 1 is 1.29 bits per heavy atom. The third-order valence-electron chi connectivity index (χ3n) is 2.99. The number of aryl methyl sites for hydroxylation is 1. The summed E-state index contributed by atoms with van der Waals surface area (Å²) in [6, 6.07) is 5.10. The van der Waals surface area contributed by atoms with Crippen molar-refractivity contribution in [2.45, 2.75) is 25.8 Å². The molecule has 0 fully saturated rings. The Labute approximate surface area is 119 Å². The lowest BCUT2D eigenvalue weighted by Crippen LogP contribution is -2.02. The van der Waals surface area contributed by atoms with Crippen LogP contribution in [0.25, 0.3) is 11.5 Å². The second kappa shape index (κ2) is 6.12. The van der Waals surface area contributed by atoms with Crippen LogP contribution in [-0.4, -0.2) is 31.1 Å². The van der Waals surface area contributed by atoms with Gasteiger partial charge in [0.2, 0.25) is 5.76 Å². The monoisotopic (exact) mass is 287 g/mol. The number of furan rings is 1. The molecule has 8 heteroatoms. The molecule has 3 aromatic rings. The van der Waals surface area contributed by atoms with E-state index in [0.29, 0.717) is 30.2 Å². The number of carbonyl (C=O) groups is 1. The van der Waals surface area contributed by atoms with E-state index < -0.39 is 0 Å². The number of rotatable bonds is 7. The maximum absolute atomic E-state index is 12.0. The van der Waals surface area contributed by atoms with Gasteiger partial charge in [0.05, 0.1) is 6.26 Å². The Bertz CT molecular complexity index is 687. The van der Waals surface area contributed by atoms with E-state index in [4.69, 9.17) is 8.94 Å². The van der Waals surface area contributed by atoms with Crippen molar-refractivity contribution < 1.29 is 13.7 Å². The minimum atomic E-state index is -0.0479. The molecule has 0 aliphatic carbocycles. The molecule has 0 atom stereocenters. The lowest BCUT2D eigenvalue weighted by Gasteiger charge is -1.98. The average molecular weight is 287 g/mol. The van der Waals surface area contributed by atoms with Crippen LogP contribution in [-0.2, 0) is 6.54 Å². The summed E-state index contributed by atoms with van der Waals surface area (Å²) in [5.74, 6) is 0.963. The van der Waals surface area contributed by atoms with Crippen molar-refractivity contribution in [1.82, 2.24) is 25.4 Å². The van der Waals surface area contributed by atoms with Crippen molar-refractivity contribution in [1.29, 1.82) is 0 Å². The van der Waals surface area contributed by atoms with Gasteiger partial charge in [-0.1, -0.05) is 5.16 Å². The molecule has 0 aliphatic rings. The molecule has 0 bridgehead atoms. The highest BCUT2D eigenvalue weighted by Crippen LogP contribution is 2.21. The third kappa shape index (κ3) is 3.22. The van der Waals surface area contributed by atoms with Crippen LogP contribution in [0.1, 0.15) is 29.8 Å². The van der Waals surface area contributed by atoms with Crippen LogP contribution >= 0.6 is 0 Å². The van der Waals surface area contributed by atoms with E-state index in [1.807, 2.05) is 0 Å². The van der Waals surface area contributed by atoms with Gasteiger partial charge in [0.25, 0.3) is 0 Å². The Hall–Kier alpha value is -2.77. The first-order chi connectivity index (χ1) is 10.3. The molecule has 0 amide bonds. The van der Waals surface area contributed by atoms with E-state index >= 15 is 0 Å². The highest BCUT2D eigenvalue weighted by molar-refractivity contribution is 5.94. The molecule has 8 nitrogen and oxygen atoms in total. The summed E-state index contributed by atoms with van der Waals surface area (Å²) in [6.07, 6.45) is 5.06. The highest BCUT2D eigenvalue weighted by Gasteiger charge is 2.14. The van der Waals surface area contributed by atoms with Gasteiger partial charge < -0.3 is 8.94 Å². The number of carbonyl (C=O) groups excluding carboxylic acids is 1. The molecule has 0 unspecified atom stereocenters. The van der Waals surface area contributed by atoms with Gasteiger partial charge in [-0.05, 0) is 35.4 Å². The first-order valence-corrected chi connectivity index (χ1v) is 6.57. The van der Waals surface area contributed by atoms with E-state index in [0.717, 1.165) is 12.8 Å². The maximum Gasteiger partial charge on any atom is 0.202 e. The quantitative estimate of drug-likeness (QED) is 0.483. The lowest BCUT2D eigenvalue weighted by molar-refractivity contribution is 0.0970. The van der Waals surface area contributed by atoms with E-state index in [2.05, 4.69) is 20.7 Å². The maximum atomic E-state index is 12.0. The second-order valence-corrected chi connectivity index (χ2v) is 4.51. The van der Waals surface area contributed by atoms with Crippen LogP contribution < -0.4 is 0 Å². The summed E-state index contributed by atoms with van der Waals surface area (Å²) in [7, 11) is 0. The third-order valence-corrected chi connectivity index (χ3v) is 2.99. The highest BCUT2D eigenvalue weighted by atomic mass is 16.5. The molecule has 0 N–H and O–H groups in total. The Morgan fingerprint density at radius 2 is 2.24 bits per heavy atom. The molecule has 3 aromatic heterocycles. The van der Waals surface area contributed by atoms with Crippen molar-refractivity contribution in [2.24, 2.45) is 0 Å². The second-order valence-electron chi connectivity index (χ2n) is 4.51. The molecule has 0 spiro atoms. The predicted octanol–water partition coefficient (Wildman–Crippen LogP) is 1.97. The Morgan fingerprint density at radius 3 is 3.00 bits per heavy atom. The van der Waals surface area contributed by atoms with Crippen molar-refractivity contribution in [3.8, 4) is 11.5 Å². The summed E-state index contributed by atoms with van der Waals surface area (Å²) in [5, 5.41) is 14.6. The van der Waals surface area contributed by atoms with Crippen LogP contribution in [0.15, 0.2) is 39.7 Å². The number of tetrazole rings is 1. The molecule has 0 aliphatic heterocycles. The zero-order chi connectivity index (χ0) is 14.5. The minimum absolute atomic E-state index is 0.0479.